The minimum atomic E-state index is -0.219. The number of hydrogen-bond acceptors (Lipinski definition) is 3. The number of rotatable bonds is 6. The van der Waals surface area contributed by atoms with Gasteiger partial charge in [-0.25, -0.2) is 4.39 Å². The van der Waals surface area contributed by atoms with Gasteiger partial charge in [0.25, 0.3) is 0 Å². The number of nitrogens with zero attached hydrogens (tertiary/aromatic N) is 1. The van der Waals surface area contributed by atoms with Crippen LogP contribution in [0, 0.1) is 12.7 Å². The van der Waals surface area contributed by atoms with Crippen molar-refractivity contribution in [1.29, 1.82) is 0 Å². The second-order valence-electron chi connectivity index (χ2n) is 4.64. The Morgan fingerprint density at radius 3 is 2.75 bits per heavy atom. The van der Waals surface area contributed by atoms with Gasteiger partial charge in [0.15, 0.2) is 0 Å². The first kappa shape index (κ1) is 14.5. The smallest absolute Gasteiger partial charge is 0.130 e. The van der Waals surface area contributed by atoms with Crippen LogP contribution in [0.4, 0.5) is 4.39 Å². The van der Waals surface area contributed by atoms with Crippen molar-refractivity contribution in [2.75, 3.05) is 6.54 Å². The van der Waals surface area contributed by atoms with Gasteiger partial charge in [0.2, 0.25) is 0 Å². The summed E-state index contributed by atoms with van der Waals surface area (Å²) in [6.07, 6.45) is 1.84. The highest BCUT2D eigenvalue weighted by Gasteiger charge is 2.01. The fraction of sp³-hybridized carbons (Fsp3) is 0.312. The van der Waals surface area contributed by atoms with E-state index in [-0.39, 0.29) is 5.82 Å². The second-order valence-corrected chi connectivity index (χ2v) is 4.64. The molecular weight excluding hydrogens is 255 g/mol. The highest BCUT2D eigenvalue weighted by Crippen LogP contribution is 2.17. The maximum Gasteiger partial charge on any atom is 0.130 e. The first-order valence-corrected chi connectivity index (χ1v) is 6.72. The lowest BCUT2D eigenvalue weighted by molar-refractivity contribution is 0.300. The van der Waals surface area contributed by atoms with Crippen LogP contribution in [0.25, 0.3) is 0 Å². The summed E-state index contributed by atoms with van der Waals surface area (Å²) in [6.45, 7) is 5.93. The van der Waals surface area contributed by atoms with Crippen molar-refractivity contribution in [2.24, 2.45) is 0 Å². The number of ether oxygens (including phenoxy) is 1. The topological polar surface area (TPSA) is 34.1 Å². The molecule has 1 aromatic carbocycles. The van der Waals surface area contributed by atoms with Gasteiger partial charge in [-0.2, -0.15) is 0 Å². The van der Waals surface area contributed by atoms with E-state index in [0.717, 1.165) is 24.3 Å². The summed E-state index contributed by atoms with van der Waals surface area (Å²) in [4.78, 5) is 4.35. The van der Waals surface area contributed by atoms with Gasteiger partial charge in [-0.1, -0.05) is 13.0 Å². The summed E-state index contributed by atoms with van der Waals surface area (Å²) in [7, 11) is 0. The van der Waals surface area contributed by atoms with Crippen molar-refractivity contribution in [3.63, 3.8) is 0 Å². The van der Waals surface area contributed by atoms with E-state index in [2.05, 4.69) is 17.2 Å². The molecular formula is C16H19FN2O. The molecule has 0 bridgehead atoms. The monoisotopic (exact) mass is 274 g/mol. The molecule has 3 nitrogen and oxygen atoms in total. The number of pyridine rings is 1. The van der Waals surface area contributed by atoms with E-state index in [4.69, 9.17) is 4.74 Å². The van der Waals surface area contributed by atoms with Crippen molar-refractivity contribution in [2.45, 2.75) is 27.0 Å². The molecule has 106 valence electrons. The van der Waals surface area contributed by atoms with Crippen LogP contribution in [0.2, 0.25) is 0 Å². The summed E-state index contributed by atoms with van der Waals surface area (Å²) < 4.78 is 18.7. The molecule has 0 aliphatic carbocycles. The third kappa shape index (κ3) is 4.03. The third-order valence-corrected chi connectivity index (χ3v) is 2.98. The van der Waals surface area contributed by atoms with Crippen LogP contribution in [0.1, 0.15) is 23.7 Å². The van der Waals surface area contributed by atoms with E-state index in [9.17, 15) is 4.39 Å². The lowest BCUT2D eigenvalue weighted by atomic mass is 10.2. The maximum atomic E-state index is 13.1. The van der Waals surface area contributed by atoms with Gasteiger partial charge < -0.3 is 10.1 Å². The van der Waals surface area contributed by atoms with Gasteiger partial charge in [-0.3, -0.25) is 4.98 Å². The van der Waals surface area contributed by atoms with Crippen LogP contribution in [-0.2, 0) is 13.2 Å². The second kappa shape index (κ2) is 7.01. The zero-order valence-electron chi connectivity index (χ0n) is 11.8. The summed E-state index contributed by atoms with van der Waals surface area (Å²) in [5.74, 6) is 0.436. The molecule has 0 spiro atoms. The van der Waals surface area contributed by atoms with E-state index in [1.165, 1.54) is 6.07 Å². The van der Waals surface area contributed by atoms with Crippen LogP contribution in [0.3, 0.4) is 0 Å². The number of benzene rings is 1. The van der Waals surface area contributed by atoms with Crippen molar-refractivity contribution < 1.29 is 9.13 Å². The zero-order chi connectivity index (χ0) is 14.4. The SMILES string of the molecule is CCNCc1ccc(COc2ccc(F)c(C)c2)nc1. The Labute approximate surface area is 118 Å². The van der Waals surface area contributed by atoms with Crippen LogP contribution in [-0.4, -0.2) is 11.5 Å². The van der Waals surface area contributed by atoms with Gasteiger partial charge in [-0.05, 0) is 48.9 Å². The van der Waals surface area contributed by atoms with Crippen LogP contribution in [0.5, 0.6) is 5.75 Å². The van der Waals surface area contributed by atoms with Crippen LogP contribution in [0.15, 0.2) is 36.5 Å². The number of hydrogen-bond donors (Lipinski definition) is 1. The minimum absolute atomic E-state index is 0.219. The van der Waals surface area contributed by atoms with Crippen LogP contribution < -0.4 is 10.1 Å². The number of nitrogens with one attached hydrogen (secondary N) is 1. The molecule has 0 unspecified atom stereocenters. The van der Waals surface area contributed by atoms with Crippen molar-refractivity contribution >= 4 is 0 Å². The van der Waals surface area contributed by atoms with Crippen molar-refractivity contribution in [3.05, 3.63) is 59.2 Å². The summed E-state index contributed by atoms with van der Waals surface area (Å²) in [5, 5.41) is 3.25. The molecule has 0 aliphatic heterocycles. The van der Waals surface area contributed by atoms with Gasteiger partial charge in [0.05, 0.1) is 5.69 Å². The van der Waals surface area contributed by atoms with E-state index >= 15 is 0 Å². The summed E-state index contributed by atoms with van der Waals surface area (Å²) in [6, 6.07) is 8.71. The minimum Gasteiger partial charge on any atom is -0.487 e. The van der Waals surface area contributed by atoms with E-state index < -0.39 is 0 Å². The lowest BCUT2D eigenvalue weighted by Gasteiger charge is -2.08. The van der Waals surface area contributed by atoms with E-state index in [1.54, 1.807) is 19.1 Å². The van der Waals surface area contributed by atoms with E-state index in [0.29, 0.717) is 17.9 Å². The molecule has 0 amide bonds. The molecule has 1 heterocycles. The third-order valence-electron chi connectivity index (χ3n) is 2.98. The molecule has 2 aromatic rings. The predicted octanol–water partition coefficient (Wildman–Crippen LogP) is 3.22. The average molecular weight is 274 g/mol. The molecule has 4 heteroatoms. The van der Waals surface area contributed by atoms with Crippen molar-refractivity contribution in [3.8, 4) is 5.75 Å². The molecule has 0 fully saturated rings. The maximum absolute atomic E-state index is 13.1. The quantitative estimate of drug-likeness (QED) is 0.878. The summed E-state index contributed by atoms with van der Waals surface area (Å²) in [5.41, 5.74) is 2.58. The first-order valence-electron chi connectivity index (χ1n) is 6.72. The zero-order valence-corrected chi connectivity index (χ0v) is 11.8. The molecule has 1 N–H and O–H groups in total. The lowest BCUT2D eigenvalue weighted by Crippen LogP contribution is -2.12. The Morgan fingerprint density at radius 2 is 2.10 bits per heavy atom. The fourth-order valence-corrected chi connectivity index (χ4v) is 1.78. The molecule has 0 saturated heterocycles. The van der Waals surface area contributed by atoms with E-state index in [1.807, 2.05) is 18.3 Å². The molecule has 0 radical (unpaired) electrons. The van der Waals surface area contributed by atoms with Crippen LogP contribution >= 0.6 is 0 Å². The Kier molecular flexibility index (Phi) is 5.07. The Hall–Kier alpha value is -1.94. The normalized spacial score (nSPS) is 10.6. The molecule has 0 atom stereocenters. The highest BCUT2D eigenvalue weighted by molar-refractivity contribution is 5.29. The van der Waals surface area contributed by atoms with Gasteiger partial charge in [0.1, 0.15) is 18.2 Å². The van der Waals surface area contributed by atoms with Gasteiger partial charge >= 0.3 is 0 Å². The van der Waals surface area contributed by atoms with Gasteiger partial charge in [-0.15, -0.1) is 0 Å². The first-order chi connectivity index (χ1) is 9.69. The predicted molar refractivity (Wildman–Crippen MR) is 77.1 cm³/mol. The standard InChI is InChI=1S/C16H19FN2O/c1-3-18-9-13-4-5-14(19-10-13)11-20-15-6-7-16(17)12(2)8-15/h4-8,10,18H,3,9,11H2,1-2H3. The van der Waals surface area contributed by atoms with Gasteiger partial charge in [0, 0.05) is 12.7 Å². The Bertz CT molecular complexity index is 555. The highest BCUT2D eigenvalue weighted by atomic mass is 19.1. The molecule has 2 rings (SSSR count). The molecule has 20 heavy (non-hydrogen) atoms. The molecule has 0 saturated carbocycles. The number of aryl methyl sites for hydroxylation is 1. The Morgan fingerprint density at radius 1 is 1.25 bits per heavy atom. The number of aromatic nitrogens is 1. The number of halogens is 1. The summed E-state index contributed by atoms with van der Waals surface area (Å²) >= 11 is 0. The Balaban J connectivity index is 1.91. The fourth-order valence-electron chi connectivity index (χ4n) is 1.78. The molecule has 0 aliphatic rings. The van der Waals surface area contributed by atoms with Crippen molar-refractivity contribution in [1.82, 2.24) is 10.3 Å². The molecule has 1 aromatic heterocycles. The average Bonchev–Trinajstić information content (AvgIpc) is 2.47. The largest absolute Gasteiger partial charge is 0.487 e.